The first-order valence-corrected chi connectivity index (χ1v) is 8.92. The number of amides is 1. The summed E-state index contributed by atoms with van der Waals surface area (Å²) >= 11 is 5.94. The van der Waals surface area contributed by atoms with Crippen LogP contribution in [-0.4, -0.2) is 20.5 Å². The Hall–Kier alpha value is -3.18. The van der Waals surface area contributed by atoms with Crippen LogP contribution in [0.5, 0.6) is 0 Å². The van der Waals surface area contributed by atoms with E-state index in [1.165, 1.54) is 5.56 Å². The van der Waals surface area contributed by atoms with Gasteiger partial charge in [0.1, 0.15) is 0 Å². The second-order valence-corrected chi connectivity index (χ2v) is 6.78. The van der Waals surface area contributed by atoms with Crippen LogP contribution in [-0.2, 0) is 6.54 Å². The van der Waals surface area contributed by atoms with E-state index in [0.29, 0.717) is 28.6 Å². The molecule has 134 valence electrons. The highest BCUT2D eigenvalue weighted by molar-refractivity contribution is 6.30. The molecule has 0 spiro atoms. The summed E-state index contributed by atoms with van der Waals surface area (Å²) in [4.78, 5) is 12.5. The molecular formula is C21H17ClN4O. The van der Waals surface area contributed by atoms with Gasteiger partial charge in [0.15, 0.2) is 11.5 Å². The number of hydrogen-bond donors (Lipinski definition) is 1. The van der Waals surface area contributed by atoms with Gasteiger partial charge in [-0.25, -0.2) is 0 Å². The van der Waals surface area contributed by atoms with Crippen LogP contribution in [0.1, 0.15) is 21.5 Å². The van der Waals surface area contributed by atoms with Gasteiger partial charge >= 0.3 is 0 Å². The van der Waals surface area contributed by atoms with E-state index in [9.17, 15) is 4.79 Å². The van der Waals surface area contributed by atoms with E-state index >= 15 is 0 Å². The molecule has 1 amide bonds. The third-order valence-electron chi connectivity index (χ3n) is 4.35. The molecular weight excluding hydrogens is 360 g/mol. The fourth-order valence-electron chi connectivity index (χ4n) is 2.82. The summed E-state index contributed by atoms with van der Waals surface area (Å²) in [6, 6.07) is 19.0. The first-order chi connectivity index (χ1) is 13.1. The topological polar surface area (TPSA) is 59.3 Å². The molecule has 0 aliphatic heterocycles. The van der Waals surface area contributed by atoms with Gasteiger partial charge in [-0.3, -0.25) is 9.20 Å². The van der Waals surface area contributed by atoms with Gasteiger partial charge in [0.2, 0.25) is 0 Å². The number of benzene rings is 2. The highest BCUT2D eigenvalue weighted by Gasteiger charge is 2.11. The van der Waals surface area contributed by atoms with Crippen LogP contribution >= 0.6 is 11.6 Å². The molecule has 0 unspecified atom stereocenters. The molecule has 4 rings (SSSR count). The van der Waals surface area contributed by atoms with Gasteiger partial charge in [0.05, 0.1) is 0 Å². The zero-order chi connectivity index (χ0) is 18.8. The zero-order valence-corrected chi connectivity index (χ0v) is 15.4. The molecule has 6 heteroatoms. The maximum atomic E-state index is 12.5. The van der Waals surface area contributed by atoms with E-state index in [-0.39, 0.29) is 5.91 Å². The molecule has 4 aromatic rings. The summed E-state index contributed by atoms with van der Waals surface area (Å²) in [5.41, 5.74) is 4.32. The van der Waals surface area contributed by atoms with Crippen molar-refractivity contribution in [2.24, 2.45) is 0 Å². The quantitative estimate of drug-likeness (QED) is 0.578. The fourth-order valence-corrected chi connectivity index (χ4v) is 2.94. The standard InChI is InChI=1S/C21H17ClN4O/c1-14-2-4-15(5-3-14)13-23-21(27)17-10-11-26-19(12-17)24-25-20(26)16-6-8-18(22)9-7-16/h2-12H,13H2,1H3,(H,23,27). The molecule has 0 fully saturated rings. The molecule has 27 heavy (non-hydrogen) atoms. The summed E-state index contributed by atoms with van der Waals surface area (Å²) in [7, 11) is 0. The van der Waals surface area contributed by atoms with Crippen molar-refractivity contribution >= 4 is 23.2 Å². The van der Waals surface area contributed by atoms with Gasteiger partial charge in [-0.2, -0.15) is 0 Å². The minimum atomic E-state index is -0.144. The predicted octanol–water partition coefficient (Wildman–Crippen LogP) is 4.29. The van der Waals surface area contributed by atoms with Crippen LogP contribution in [0.15, 0.2) is 66.9 Å². The summed E-state index contributed by atoms with van der Waals surface area (Å²) in [6.07, 6.45) is 1.81. The highest BCUT2D eigenvalue weighted by Crippen LogP contribution is 2.21. The molecule has 2 heterocycles. The highest BCUT2D eigenvalue weighted by atomic mass is 35.5. The lowest BCUT2D eigenvalue weighted by Gasteiger charge is -2.06. The summed E-state index contributed by atoms with van der Waals surface area (Å²) in [5, 5.41) is 12.0. The number of fused-ring (bicyclic) bond motifs is 1. The second kappa shape index (κ2) is 7.21. The summed E-state index contributed by atoms with van der Waals surface area (Å²) < 4.78 is 1.85. The van der Waals surface area contributed by atoms with Crippen molar-refractivity contribution in [1.29, 1.82) is 0 Å². The van der Waals surface area contributed by atoms with Crippen molar-refractivity contribution in [3.8, 4) is 11.4 Å². The summed E-state index contributed by atoms with van der Waals surface area (Å²) in [5.74, 6) is 0.558. The number of aromatic nitrogens is 3. The van der Waals surface area contributed by atoms with Gasteiger partial charge in [-0.1, -0.05) is 41.4 Å². The average Bonchev–Trinajstić information content (AvgIpc) is 3.11. The van der Waals surface area contributed by atoms with Crippen molar-refractivity contribution < 1.29 is 4.79 Å². The molecule has 5 nitrogen and oxygen atoms in total. The van der Waals surface area contributed by atoms with Crippen LogP contribution in [0.2, 0.25) is 5.02 Å². The van der Waals surface area contributed by atoms with Gasteiger partial charge in [-0.05, 0) is 48.9 Å². The molecule has 2 aromatic heterocycles. The second-order valence-electron chi connectivity index (χ2n) is 6.34. The lowest BCUT2D eigenvalue weighted by molar-refractivity contribution is 0.0951. The normalized spacial score (nSPS) is 10.9. The molecule has 0 aliphatic carbocycles. The largest absolute Gasteiger partial charge is 0.348 e. The Balaban J connectivity index is 1.54. The number of nitrogens with one attached hydrogen (secondary N) is 1. The molecule has 0 saturated heterocycles. The number of aryl methyl sites for hydroxylation is 1. The monoisotopic (exact) mass is 376 g/mol. The number of carbonyl (C=O) groups excluding carboxylic acids is 1. The van der Waals surface area contributed by atoms with Gasteiger partial charge in [0.25, 0.3) is 5.91 Å². The van der Waals surface area contributed by atoms with E-state index in [2.05, 4.69) is 15.5 Å². The van der Waals surface area contributed by atoms with E-state index in [1.54, 1.807) is 18.3 Å². The third-order valence-corrected chi connectivity index (χ3v) is 4.60. The van der Waals surface area contributed by atoms with E-state index in [4.69, 9.17) is 11.6 Å². The van der Waals surface area contributed by atoms with Crippen molar-refractivity contribution in [1.82, 2.24) is 19.9 Å². The van der Waals surface area contributed by atoms with Crippen LogP contribution in [0, 0.1) is 6.92 Å². The average molecular weight is 377 g/mol. The van der Waals surface area contributed by atoms with Crippen LogP contribution in [0.4, 0.5) is 0 Å². The molecule has 2 aromatic carbocycles. The SMILES string of the molecule is Cc1ccc(CNC(=O)c2ccn3c(-c4ccc(Cl)cc4)nnc3c2)cc1. The number of pyridine rings is 1. The molecule has 0 saturated carbocycles. The smallest absolute Gasteiger partial charge is 0.251 e. The molecule has 1 N–H and O–H groups in total. The van der Waals surface area contributed by atoms with E-state index in [0.717, 1.165) is 11.1 Å². The van der Waals surface area contributed by atoms with Crippen molar-refractivity contribution in [3.63, 3.8) is 0 Å². The Morgan fingerprint density at radius 1 is 1.04 bits per heavy atom. The maximum Gasteiger partial charge on any atom is 0.251 e. The molecule has 0 atom stereocenters. The summed E-state index contributed by atoms with van der Waals surface area (Å²) in [6.45, 7) is 2.52. The first kappa shape index (κ1) is 17.2. The minimum Gasteiger partial charge on any atom is -0.348 e. The minimum absolute atomic E-state index is 0.144. The lowest BCUT2D eigenvalue weighted by atomic mass is 10.1. The Bertz CT molecular complexity index is 1100. The van der Waals surface area contributed by atoms with Crippen molar-refractivity contribution in [2.75, 3.05) is 0 Å². The third kappa shape index (κ3) is 3.68. The Morgan fingerprint density at radius 2 is 1.78 bits per heavy atom. The number of halogens is 1. The van der Waals surface area contributed by atoms with Gasteiger partial charge in [-0.15, -0.1) is 10.2 Å². The number of hydrogen-bond acceptors (Lipinski definition) is 3. The predicted molar refractivity (Wildman–Crippen MR) is 106 cm³/mol. The number of carbonyl (C=O) groups is 1. The molecule has 0 aliphatic rings. The Labute approximate surface area is 161 Å². The number of nitrogens with zero attached hydrogens (tertiary/aromatic N) is 3. The Kier molecular flexibility index (Phi) is 4.60. The maximum absolute atomic E-state index is 12.5. The lowest BCUT2D eigenvalue weighted by Crippen LogP contribution is -2.22. The Morgan fingerprint density at radius 3 is 2.52 bits per heavy atom. The van der Waals surface area contributed by atoms with Crippen molar-refractivity contribution in [2.45, 2.75) is 13.5 Å². The van der Waals surface area contributed by atoms with Gasteiger partial charge < -0.3 is 5.32 Å². The molecule has 0 radical (unpaired) electrons. The van der Waals surface area contributed by atoms with Gasteiger partial charge in [0, 0.05) is 28.9 Å². The van der Waals surface area contributed by atoms with Crippen molar-refractivity contribution in [3.05, 3.63) is 88.6 Å². The van der Waals surface area contributed by atoms with E-state index in [1.807, 2.05) is 59.9 Å². The number of rotatable bonds is 4. The van der Waals surface area contributed by atoms with Crippen LogP contribution in [0.3, 0.4) is 0 Å². The van der Waals surface area contributed by atoms with Crippen LogP contribution < -0.4 is 5.32 Å². The fraction of sp³-hybridized carbons (Fsp3) is 0.0952. The van der Waals surface area contributed by atoms with E-state index < -0.39 is 0 Å². The van der Waals surface area contributed by atoms with Crippen LogP contribution in [0.25, 0.3) is 17.0 Å². The zero-order valence-electron chi connectivity index (χ0n) is 14.7. The molecule has 0 bridgehead atoms. The first-order valence-electron chi connectivity index (χ1n) is 8.54.